The molecule has 0 unspecified atom stereocenters. The van der Waals surface area contributed by atoms with Crippen LogP contribution in [0.5, 0.6) is 5.75 Å². The van der Waals surface area contributed by atoms with Gasteiger partial charge in [-0.2, -0.15) is 12.6 Å². The molecular weight excluding hydrogens is 228 g/mol. The summed E-state index contributed by atoms with van der Waals surface area (Å²) in [5.74, 6) is 1.94. The van der Waals surface area contributed by atoms with Crippen LogP contribution < -0.4 is 4.74 Å². The molecule has 0 saturated heterocycles. The molecule has 1 saturated carbocycles. The van der Waals surface area contributed by atoms with Crippen molar-refractivity contribution in [1.29, 1.82) is 0 Å². The van der Waals surface area contributed by atoms with Crippen molar-refractivity contribution in [2.75, 3.05) is 12.4 Å². The Morgan fingerprint density at radius 1 is 1.18 bits per heavy atom. The van der Waals surface area contributed by atoms with E-state index in [1.165, 1.54) is 36.8 Å². The summed E-state index contributed by atoms with van der Waals surface area (Å²) >= 11 is 4.50. The van der Waals surface area contributed by atoms with Crippen LogP contribution in [0.25, 0.3) is 0 Å². The fourth-order valence-electron chi connectivity index (χ4n) is 2.51. The standard InChI is InChI=1S/C15H22OS/c1-12-5-6-14(9-13(12)2)16-10-15(11-17)7-3-4-8-15/h5-6,9,17H,3-4,7-8,10-11H2,1-2H3. The highest BCUT2D eigenvalue weighted by atomic mass is 32.1. The first-order chi connectivity index (χ1) is 8.15. The van der Waals surface area contributed by atoms with E-state index in [0.29, 0.717) is 5.41 Å². The monoisotopic (exact) mass is 250 g/mol. The van der Waals surface area contributed by atoms with Gasteiger partial charge in [-0.1, -0.05) is 18.9 Å². The van der Waals surface area contributed by atoms with Crippen molar-refractivity contribution >= 4 is 12.6 Å². The average Bonchev–Trinajstić information content (AvgIpc) is 2.80. The summed E-state index contributed by atoms with van der Waals surface area (Å²) in [6.45, 7) is 5.08. The van der Waals surface area contributed by atoms with E-state index in [1.807, 2.05) is 0 Å². The zero-order valence-electron chi connectivity index (χ0n) is 10.8. The molecule has 0 radical (unpaired) electrons. The van der Waals surface area contributed by atoms with Gasteiger partial charge in [0.2, 0.25) is 0 Å². The predicted molar refractivity (Wildman–Crippen MR) is 76.2 cm³/mol. The molecule has 17 heavy (non-hydrogen) atoms. The Morgan fingerprint density at radius 2 is 1.88 bits per heavy atom. The quantitative estimate of drug-likeness (QED) is 0.789. The Labute approximate surface area is 110 Å². The van der Waals surface area contributed by atoms with Crippen molar-refractivity contribution in [2.24, 2.45) is 5.41 Å². The zero-order valence-corrected chi connectivity index (χ0v) is 11.7. The third-order valence-electron chi connectivity index (χ3n) is 4.02. The molecule has 0 spiro atoms. The van der Waals surface area contributed by atoms with Crippen molar-refractivity contribution in [3.05, 3.63) is 29.3 Å². The van der Waals surface area contributed by atoms with Crippen molar-refractivity contribution in [2.45, 2.75) is 39.5 Å². The molecule has 0 amide bonds. The van der Waals surface area contributed by atoms with Crippen LogP contribution in [0.2, 0.25) is 0 Å². The Kier molecular flexibility index (Phi) is 4.03. The summed E-state index contributed by atoms with van der Waals surface area (Å²) in [7, 11) is 0. The minimum absolute atomic E-state index is 0.321. The van der Waals surface area contributed by atoms with Crippen molar-refractivity contribution in [1.82, 2.24) is 0 Å². The number of hydrogen-bond acceptors (Lipinski definition) is 2. The smallest absolute Gasteiger partial charge is 0.119 e. The predicted octanol–water partition coefficient (Wildman–Crippen LogP) is 4.17. The fraction of sp³-hybridized carbons (Fsp3) is 0.600. The van der Waals surface area contributed by atoms with E-state index in [4.69, 9.17) is 4.74 Å². The number of rotatable bonds is 4. The Hall–Kier alpha value is -0.630. The summed E-state index contributed by atoms with van der Waals surface area (Å²) in [6, 6.07) is 6.34. The molecule has 1 nitrogen and oxygen atoms in total. The molecule has 94 valence electrons. The van der Waals surface area contributed by atoms with Crippen LogP contribution in [0, 0.1) is 19.3 Å². The van der Waals surface area contributed by atoms with Crippen molar-refractivity contribution < 1.29 is 4.74 Å². The molecule has 0 heterocycles. The number of aryl methyl sites for hydroxylation is 2. The summed E-state index contributed by atoms with van der Waals surface area (Å²) < 4.78 is 5.97. The molecule has 0 bridgehead atoms. The van der Waals surface area contributed by atoms with Crippen LogP contribution in [0.4, 0.5) is 0 Å². The van der Waals surface area contributed by atoms with Gasteiger partial charge in [-0.25, -0.2) is 0 Å². The fourth-order valence-corrected chi connectivity index (χ4v) is 2.92. The molecule has 1 aromatic rings. The first kappa shape index (κ1) is 12.8. The van der Waals surface area contributed by atoms with Crippen molar-refractivity contribution in [3.8, 4) is 5.75 Å². The molecule has 0 atom stereocenters. The van der Waals surface area contributed by atoms with Crippen LogP contribution in [-0.2, 0) is 0 Å². The summed E-state index contributed by atoms with van der Waals surface area (Å²) in [4.78, 5) is 0. The van der Waals surface area contributed by atoms with Gasteiger partial charge in [0.1, 0.15) is 5.75 Å². The minimum atomic E-state index is 0.321. The highest BCUT2D eigenvalue weighted by Crippen LogP contribution is 2.39. The van der Waals surface area contributed by atoms with E-state index < -0.39 is 0 Å². The Balaban J connectivity index is 1.99. The van der Waals surface area contributed by atoms with E-state index in [9.17, 15) is 0 Å². The largest absolute Gasteiger partial charge is 0.493 e. The van der Waals surface area contributed by atoms with Gasteiger partial charge in [0.05, 0.1) is 6.61 Å². The minimum Gasteiger partial charge on any atom is -0.493 e. The van der Waals surface area contributed by atoms with Crippen LogP contribution in [0.15, 0.2) is 18.2 Å². The number of thiol groups is 1. The van der Waals surface area contributed by atoms with E-state index in [0.717, 1.165) is 18.1 Å². The van der Waals surface area contributed by atoms with Gasteiger partial charge >= 0.3 is 0 Å². The average molecular weight is 250 g/mol. The lowest BCUT2D eigenvalue weighted by atomic mass is 9.90. The molecule has 0 N–H and O–H groups in total. The van der Waals surface area contributed by atoms with E-state index in [-0.39, 0.29) is 0 Å². The number of ether oxygens (including phenoxy) is 1. The molecule has 1 aliphatic carbocycles. The second-order valence-electron chi connectivity index (χ2n) is 5.40. The van der Waals surface area contributed by atoms with Gasteiger partial charge in [-0.05, 0) is 55.7 Å². The summed E-state index contributed by atoms with van der Waals surface area (Å²) in [6.07, 6.45) is 5.19. The first-order valence-corrected chi connectivity index (χ1v) is 7.09. The highest BCUT2D eigenvalue weighted by Gasteiger charge is 2.33. The maximum Gasteiger partial charge on any atom is 0.119 e. The molecule has 0 aliphatic heterocycles. The SMILES string of the molecule is Cc1ccc(OCC2(CS)CCCC2)cc1C. The van der Waals surface area contributed by atoms with Gasteiger partial charge in [0, 0.05) is 5.41 Å². The van der Waals surface area contributed by atoms with E-state index in [2.05, 4.69) is 44.7 Å². The molecule has 1 aromatic carbocycles. The van der Waals surface area contributed by atoms with Crippen LogP contribution in [-0.4, -0.2) is 12.4 Å². The maximum atomic E-state index is 5.97. The number of hydrogen-bond donors (Lipinski definition) is 1. The first-order valence-electron chi connectivity index (χ1n) is 6.46. The third-order valence-corrected chi connectivity index (χ3v) is 4.69. The van der Waals surface area contributed by atoms with Gasteiger partial charge in [0.25, 0.3) is 0 Å². The lowest BCUT2D eigenvalue weighted by Gasteiger charge is -2.26. The lowest BCUT2D eigenvalue weighted by molar-refractivity contribution is 0.173. The molecule has 2 rings (SSSR count). The van der Waals surface area contributed by atoms with Gasteiger partial charge in [-0.15, -0.1) is 0 Å². The second-order valence-corrected chi connectivity index (χ2v) is 5.72. The third kappa shape index (κ3) is 2.98. The molecular formula is C15H22OS. The lowest BCUT2D eigenvalue weighted by Crippen LogP contribution is -2.27. The molecule has 1 aliphatic rings. The van der Waals surface area contributed by atoms with Crippen LogP contribution in [0.3, 0.4) is 0 Å². The van der Waals surface area contributed by atoms with Crippen molar-refractivity contribution in [3.63, 3.8) is 0 Å². The zero-order chi connectivity index (χ0) is 12.3. The Morgan fingerprint density at radius 3 is 2.47 bits per heavy atom. The maximum absolute atomic E-state index is 5.97. The van der Waals surface area contributed by atoms with Gasteiger partial charge in [0.15, 0.2) is 0 Å². The number of benzene rings is 1. The molecule has 0 aromatic heterocycles. The second kappa shape index (κ2) is 5.34. The van der Waals surface area contributed by atoms with E-state index in [1.54, 1.807) is 0 Å². The summed E-state index contributed by atoms with van der Waals surface area (Å²) in [5, 5.41) is 0. The summed E-state index contributed by atoms with van der Waals surface area (Å²) in [5.41, 5.74) is 2.94. The normalized spacial score (nSPS) is 18.3. The highest BCUT2D eigenvalue weighted by molar-refractivity contribution is 7.80. The van der Waals surface area contributed by atoms with Crippen LogP contribution in [0.1, 0.15) is 36.8 Å². The topological polar surface area (TPSA) is 9.23 Å². The Bertz CT molecular complexity index is 381. The van der Waals surface area contributed by atoms with Gasteiger partial charge in [-0.3, -0.25) is 0 Å². The van der Waals surface area contributed by atoms with Crippen LogP contribution >= 0.6 is 12.6 Å². The molecule has 1 fully saturated rings. The molecule has 2 heteroatoms. The van der Waals surface area contributed by atoms with Gasteiger partial charge < -0.3 is 4.74 Å². The van der Waals surface area contributed by atoms with E-state index >= 15 is 0 Å².